The molecule has 1 aromatic rings. The molecule has 1 aliphatic carbocycles. The highest BCUT2D eigenvalue weighted by molar-refractivity contribution is 5.83. The van der Waals surface area contributed by atoms with Crippen LogP contribution in [-0.2, 0) is 4.79 Å². The Labute approximate surface area is 137 Å². The van der Waals surface area contributed by atoms with Gasteiger partial charge in [0.2, 0.25) is 5.91 Å². The van der Waals surface area contributed by atoms with Crippen LogP contribution in [0.5, 0.6) is 11.5 Å². The average molecular weight is 318 g/mol. The molecule has 1 aliphatic heterocycles. The second-order valence-electron chi connectivity index (χ2n) is 7.32. The van der Waals surface area contributed by atoms with E-state index >= 15 is 0 Å². The number of fused-ring (bicyclic) bond motifs is 1. The van der Waals surface area contributed by atoms with Gasteiger partial charge in [-0.15, -0.1) is 0 Å². The molecule has 0 radical (unpaired) electrons. The fourth-order valence-corrected chi connectivity index (χ4v) is 2.90. The summed E-state index contributed by atoms with van der Waals surface area (Å²) in [6.45, 7) is 9.00. The lowest BCUT2D eigenvalue weighted by Crippen LogP contribution is -2.41. The van der Waals surface area contributed by atoms with Crippen molar-refractivity contribution in [3.05, 3.63) is 23.8 Å². The Morgan fingerprint density at radius 1 is 1.17 bits per heavy atom. The van der Waals surface area contributed by atoms with E-state index in [-0.39, 0.29) is 17.4 Å². The van der Waals surface area contributed by atoms with Gasteiger partial charge >= 0.3 is 0 Å². The third-order valence-corrected chi connectivity index (χ3v) is 4.20. The van der Waals surface area contributed by atoms with Crippen LogP contribution in [0.2, 0.25) is 0 Å². The third-order valence-electron chi connectivity index (χ3n) is 4.20. The number of rotatable bonds is 5. The Bertz CT molecular complexity index is 580. The van der Waals surface area contributed by atoms with Gasteiger partial charge in [0.1, 0.15) is 13.2 Å². The molecule has 2 unspecified atom stereocenters. The minimum atomic E-state index is 0.0814. The molecule has 1 aromatic carbocycles. The molecule has 1 saturated carbocycles. The first-order valence-electron chi connectivity index (χ1n) is 8.36. The van der Waals surface area contributed by atoms with Crippen LogP contribution >= 0.6 is 0 Å². The molecule has 1 amide bonds. The summed E-state index contributed by atoms with van der Waals surface area (Å²) in [5.41, 5.74) is 1.25. The van der Waals surface area contributed by atoms with Gasteiger partial charge < -0.3 is 20.1 Å². The van der Waals surface area contributed by atoms with Crippen LogP contribution < -0.4 is 20.1 Å². The zero-order valence-corrected chi connectivity index (χ0v) is 14.1. The zero-order chi connectivity index (χ0) is 16.4. The smallest absolute Gasteiger partial charge is 0.223 e. The first-order chi connectivity index (χ1) is 10.9. The van der Waals surface area contributed by atoms with E-state index < -0.39 is 0 Å². The molecule has 5 nitrogen and oxygen atoms in total. The van der Waals surface area contributed by atoms with Gasteiger partial charge in [0.25, 0.3) is 0 Å². The predicted molar refractivity (Wildman–Crippen MR) is 89.0 cm³/mol. The molecule has 126 valence electrons. The van der Waals surface area contributed by atoms with E-state index in [2.05, 4.69) is 31.4 Å². The summed E-state index contributed by atoms with van der Waals surface area (Å²) >= 11 is 0. The number of carbonyl (C=O) groups excluding carboxylic acids is 1. The largest absolute Gasteiger partial charge is 0.486 e. The molecular weight excluding hydrogens is 292 g/mol. The van der Waals surface area contributed by atoms with Crippen LogP contribution in [0.25, 0.3) is 0 Å². The van der Waals surface area contributed by atoms with E-state index in [0.717, 1.165) is 24.5 Å². The van der Waals surface area contributed by atoms with Crippen LogP contribution in [0.4, 0.5) is 0 Å². The molecule has 0 bridgehead atoms. The van der Waals surface area contributed by atoms with Gasteiger partial charge in [0.15, 0.2) is 11.5 Å². The topological polar surface area (TPSA) is 59.6 Å². The standard InChI is InChI=1S/C18H26N2O3/c1-18(2,3)20-7-6-19-17(21)14-11-13(14)12-4-5-15-16(10-12)23-9-8-22-15/h4-5,10,13-14,20H,6-9,11H2,1-3H3,(H,19,21). The van der Waals surface area contributed by atoms with Gasteiger partial charge in [0.05, 0.1) is 0 Å². The Hall–Kier alpha value is -1.75. The maximum absolute atomic E-state index is 12.2. The maximum Gasteiger partial charge on any atom is 0.223 e. The van der Waals surface area contributed by atoms with Crippen molar-refractivity contribution in [3.8, 4) is 11.5 Å². The summed E-state index contributed by atoms with van der Waals surface area (Å²) < 4.78 is 11.1. The SMILES string of the molecule is CC(C)(C)NCCNC(=O)C1CC1c1ccc2c(c1)OCCO2. The van der Waals surface area contributed by atoms with Crippen molar-refractivity contribution in [1.82, 2.24) is 10.6 Å². The second kappa shape index (κ2) is 6.40. The lowest BCUT2D eigenvalue weighted by Gasteiger charge is -2.20. The Morgan fingerprint density at radius 3 is 2.65 bits per heavy atom. The van der Waals surface area contributed by atoms with Crippen molar-refractivity contribution in [2.45, 2.75) is 38.6 Å². The molecule has 2 atom stereocenters. The maximum atomic E-state index is 12.2. The summed E-state index contributed by atoms with van der Waals surface area (Å²) in [6, 6.07) is 6.02. The summed E-state index contributed by atoms with van der Waals surface area (Å²) in [6.07, 6.45) is 0.915. The van der Waals surface area contributed by atoms with Crippen molar-refractivity contribution in [3.63, 3.8) is 0 Å². The summed E-state index contributed by atoms with van der Waals surface area (Å²) in [7, 11) is 0. The van der Waals surface area contributed by atoms with Crippen LogP contribution in [0, 0.1) is 5.92 Å². The van der Waals surface area contributed by atoms with Crippen LogP contribution in [0.3, 0.4) is 0 Å². The highest BCUT2D eigenvalue weighted by atomic mass is 16.6. The van der Waals surface area contributed by atoms with E-state index in [1.54, 1.807) is 0 Å². The van der Waals surface area contributed by atoms with Gasteiger partial charge in [-0.05, 0) is 50.8 Å². The van der Waals surface area contributed by atoms with E-state index in [9.17, 15) is 4.79 Å². The molecule has 2 aliphatic rings. The number of hydrogen-bond acceptors (Lipinski definition) is 4. The molecule has 2 N–H and O–H groups in total. The zero-order valence-electron chi connectivity index (χ0n) is 14.1. The second-order valence-corrected chi connectivity index (χ2v) is 7.32. The van der Waals surface area contributed by atoms with Crippen LogP contribution in [-0.4, -0.2) is 37.7 Å². The minimum absolute atomic E-state index is 0.0814. The molecule has 1 fully saturated rings. The lowest BCUT2D eigenvalue weighted by atomic mass is 10.1. The van der Waals surface area contributed by atoms with Crippen molar-refractivity contribution < 1.29 is 14.3 Å². The molecule has 3 rings (SSSR count). The fourth-order valence-electron chi connectivity index (χ4n) is 2.90. The van der Waals surface area contributed by atoms with Crippen molar-refractivity contribution >= 4 is 5.91 Å². The van der Waals surface area contributed by atoms with Gasteiger partial charge in [-0.1, -0.05) is 6.07 Å². The van der Waals surface area contributed by atoms with Gasteiger partial charge in [-0.2, -0.15) is 0 Å². The lowest BCUT2D eigenvalue weighted by molar-refractivity contribution is -0.122. The first kappa shape index (κ1) is 16.1. The molecule has 0 aromatic heterocycles. The van der Waals surface area contributed by atoms with Crippen LogP contribution in [0.1, 0.15) is 38.7 Å². The Morgan fingerprint density at radius 2 is 1.91 bits per heavy atom. The predicted octanol–water partition coefficient (Wildman–Crippen LogP) is 2.07. The Balaban J connectivity index is 1.48. The quantitative estimate of drug-likeness (QED) is 0.816. The summed E-state index contributed by atoms with van der Waals surface area (Å²) in [5.74, 6) is 2.15. The third kappa shape index (κ3) is 4.16. The highest BCUT2D eigenvalue weighted by Crippen LogP contribution is 2.49. The molecule has 0 spiro atoms. The highest BCUT2D eigenvalue weighted by Gasteiger charge is 2.44. The van der Waals surface area contributed by atoms with E-state index in [1.807, 2.05) is 18.2 Å². The number of hydrogen-bond donors (Lipinski definition) is 2. The molecule has 23 heavy (non-hydrogen) atoms. The number of amides is 1. The number of carbonyl (C=O) groups is 1. The van der Waals surface area contributed by atoms with Gasteiger partial charge in [0, 0.05) is 24.5 Å². The molecule has 1 heterocycles. The number of ether oxygens (including phenoxy) is 2. The van der Waals surface area contributed by atoms with Crippen molar-refractivity contribution in [1.29, 1.82) is 0 Å². The monoisotopic (exact) mass is 318 g/mol. The van der Waals surface area contributed by atoms with Gasteiger partial charge in [-0.3, -0.25) is 4.79 Å². The van der Waals surface area contributed by atoms with Gasteiger partial charge in [-0.25, -0.2) is 0 Å². The van der Waals surface area contributed by atoms with E-state index in [1.165, 1.54) is 5.56 Å². The first-order valence-corrected chi connectivity index (χ1v) is 8.36. The molecule has 0 saturated heterocycles. The molecular formula is C18H26N2O3. The fraction of sp³-hybridized carbons (Fsp3) is 0.611. The molecule has 5 heteroatoms. The average Bonchev–Trinajstić information content (AvgIpc) is 3.30. The van der Waals surface area contributed by atoms with Crippen LogP contribution in [0.15, 0.2) is 18.2 Å². The van der Waals surface area contributed by atoms with Crippen molar-refractivity contribution in [2.24, 2.45) is 5.92 Å². The number of nitrogens with one attached hydrogen (secondary N) is 2. The Kier molecular flexibility index (Phi) is 4.48. The van der Waals surface area contributed by atoms with E-state index in [4.69, 9.17) is 9.47 Å². The summed E-state index contributed by atoms with van der Waals surface area (Å²) in [4.78, 5) is 12.2. The summed E-state index contributed by atoms with van der Waals surface area (Å²) in [5, 5.41) is 6.39. The van der Waals surface area contributed by atoms with Crippen molar-refractivity contribution in [2.75, 3.05) is 26.3 Å². The number of benzene rings is 1. The van der Waals surface area contributed by atoms with E-state index in [0.29, 0.717) is 25.7 Å². The minimum Gasteiger partial charge on any atom is -0.486 e. The normalized spacial score (nSPS) is 22.6.